The standard InChI is InChI=1S/C32H43N5O5S/c1-18-25(43-17-36-18)20-7-5-19(6-8-20)15-35-26(39)23-13-21(38)16-37(23)27(40)24(30(2,3)4)22-14-31(28(33)41)9-11-32(22,12-10-31)29(34)42/h5-8,17,21-24,38H,9-16H2,1-4H3,(H2,33,41)(H2,34,42)(H,35,39)/t21-,22?,23+,24-,31?,32?/m0/s1. The summed E-state index contributed by atoms with van der Waals surface area (Å²) < 4.78 is 0. The van der Waals surface area contributed by atoms with Gasteiger partial charge in [-0.05, 0) is 61.5 Å². The van der Waals surface area contributed by atoms with Gasteiger partial charge in [0.25, 0.3) is 0 Å². The quantitative estimate of drug-likeness (QED) is 0.359. The lowest BCUT2D eigenvalue weighted by Crippen LogP contribution is -2.63. The molecule has 1 aromatic carbocycles. The van der Waals surface area contributed by atoms with Gasteiger partial charge < -0.3 is 26.8 Å². The first-order valence-corrected chi connectivity index (χ1v) is 15.9. The molecule has 10 nitrogen and oxygen atoms in total. The smallest absolute Gasteiger partial charge is 0.243 e. The second-order valence-corrected chi connectivity index (χ2v) is 14.8. The van der Waals surface area contributed by atoms with E-state index >= 15 is 0 Å². The molecule has 11 heteroatoms. The molecular formula is C32H43N5O5S. The Hall–Kier alpha value is -3.31. The highest BCUT2D eigenvalue weighted by Gasteiger charge is 2.64. The van der Waals surface area contributed by atoms with E-state index in [1.807, 2.05) is 57.5 Å². The molecule has 4 atom stereocenters. The van der Waals surface area contributed by atoms with Crippen molar-refractivity contribution < 1.29 is 24.3 Å². The molecule has 1 saturated heterocycles. The molecule has 232 valence electrons. The number of aliphatic hydroxyl groups excluding tert-OH is 1. The summed E-state index contributed by atoms with van der Waals surface area (Å²) in [6.07, 6.45) is 1.34. The lowest BCUT2D eigenvalue weighted by molar-refractivity contribution is -0.171. The topological polar surface area (TPSA) is 169 Å². The van der Waals surface area contributed by atoms with Crippen molar-refractivity contribution >= 4 is 35.0 Å². The van der Waals surface area contributed by atoms with Gasteiger partial charge in [-0.3, -0.25) is 19.2 Å². The van der Waals surface area contributed by atoms with Crippen LogP contribution in [0.5, 0.6) is 0 Å². The largest absolute Gasteiger partial charge is 0.391 e. The molecule has 1 aliphatic heterocycles. The molecule has 4 fully saturated rings. The van der Waals surface area contributed by atoms with E-state index < -0.39 is 52.0 Å². The third-order valence-corrected chi connectivity index (χ3v) is 11.3. The zero-order valence-corrected chi connectivity index (χ0v) is 26.2. The fourth-order valence-electron chi connectivity index (χ4n) is 7.87. The summed E-state index contributed by atoms with van der Waals surface area (Å²) >= 11 is 1.58. The van der Waals surface area contributed by atoms with Crippen molar-refractivity contribution in [2.24, 2.45) is 39.5 Å². The van der Waals surface area contributed by atoms with Crippen LogP contribution in [0.1, 0.15) is 70.6 Å². The van der Waals surface area contributed by atoms with Crippen LogP contribution in [0, 0.1) is 35.0 Å². The fraction of sp³-hybridized carbons (Fsp3) is 0.594. The number of carbonyl (C=O) groups excluding carboxylic acids is 4. The number of nitrogens with zero attached hydrogens (tertiary/aromatic N) is 2. The van der Waals surface area contributed by atoms with Gasteiger partial charge in [0.2, 0.25) is 23.6 Å². The molecule has 2 heterocycles. The maximum absolute atomic E-state index is 14.5. The summed E-state index contributed by atoms with van der Waals surface area (Å²) in [6.45, 7) is 8.05. The molecule has 0 radical (unpaired) electrons. The van der Waals surface area contributed by atoms with Crippen molar-refractivity contribution in [2.75, 3.05) is 6.54 Å². The minimum absolute atomic E-state index is 0.0175. The number of likely N-dealkylation sites (tertiary alicyclic amines) is 1. The molecule has 3 saturated carbocycles. The number of nitrogens with one attached hydrogen (secondary N) is 1. The first-order valence-electron chi connectivity index (χ1n) is 15.0. The van der Waals surface area contributed by atoms with Crippen LogP contribution in [0.4, 0.5) is 0 Å². The van der Waals surface area contributed by atoms with Gasteiger partial charge in [-0.2, -0.15) is 0 Å². The van der Waals surface area contributed by atoms with E-state index in [-0.39, 0.29) is 31.3 Å². The number of benzene rings is 1. The molecule has 43 heavy (non-hydrogen) atoms. The van der Waals surface area contributed by atoms with Crippen LogP contribution >= 0.6 is 11.3 Å². The number of hydrogen-bond donors (Lipinski definition) is 4. The van der Waals surface area contributed by atoms with Gasteiger partial charge in [0, 0.05) is 30.8 Å². The van der Waals surface area contributed by atoms with Crippen molar-refractivity contribution in [1.29, 1.82) is 0 Å². The minimum Gasteiger partial charge on any atom is -0.391 e. The number of carbonyl (C=O) groups is 4. The maximum Gasteiger partial charge on any atom is 0.243 e. The molecule has 6 rings (SSSR count). The van der Waals surface area contributed by atoms with Crippen molar-refractivity contribution in [3.63, 3.8) is 0 Å². The number of aromatic nitrogens is 1. The highest BCUT2D eigenvalue weighted by Crippen LogP contribution is 2.63. The van der Waals surface area contributed by atoms with Gasteiger partial charge in [0.05, 0.1) is 27.6 Å². The fourth-order valence-corrected chi connectivity index (χ4v) is 8.68. The van der Waals surface area contributed by atoms with Crippen molar-refractivity contribution in [3.05, 3.63) is 41.0 Å². The van der Waals surface area contributed by atoms with E-state index in [9.17, 15) is 24.3 Å². The van der Waals surface area contributed by atoms with Crippen LogP contribution in [0.2, 0.25) is 0 Å². The first-order chi connectivity index (χ1) is 20.2. The summed E-state index contributed by atoms with van der Waals surface area (Å²) in [4.78, 5) is 60.5. The summed E-state index contributed by atoms with van der Waals surface area (Å²) in [5.74, 6) is -2.71. The summed E-state index contributed by atoms with van der Waals surface area (Å²) in [7, 11) is 0. The Kier molecular flexibility index (Phi) is 8.19. The molecule has 4 aliphatic rings. The number of nitrogens with two attached hydrogens (primary N) is 2. The van der Waals surface area contributed by atoms with Gasteiger partial charge in [0.15, 0.2) is 0 Å². The van der Waals surface area contributed by atoms with Crippen LogP contribution < -0.4 is 16.8 Å². The van der Waals surface area contributed by atoms with Gasteiger partial charge in [-0.25, -0.2) is 4.98 Å². The molecule has 0 spiro atoms. The molecule has 1 unspecified atom stereocenters. The van der Waals surface area contributed by atoms with Gasteiger partial charge in [0.1, 0.15) is 6.04 Å². The summed E-state index contributed by atoms with van der Waals surface area (Å²) in [5, 5.41) is 13.6. The molecule has 6 N–H and O–H groups in total. The zero-order chi connectivity index (χ0) is 31.3. The van der Waals surface area contributed by atoms with E-state index in [1.165, 1.54) is 4.90 Å². The van der Waals surface area contributed by atoms with Crippen LogP contribution in [-0.4, -0.2) is 57.3 Å². The maximum atomic E-state index is 14.5. The highest BCUT2D eigenvalue weighted by atomic mass is 32.1. The van der Waals surface area contributed by atoms with Crippen LogP contribution in [0.25, 0.3) is 10.4 Å². The molecule has 1 aromatic heterocycles. The number of rotatable bonds is 8. The van der Waals surface area contributed by atoms with Crippen molar-refractivity contribution in [2.45, 2.75) is 84.9 Å². The molecule has 3 aliphatic carbocycles. The van der Waals surface area contributed by atoms with Crippen LogP contribution in [0.3, 0.4) is 0 Å². The monoisotopic (exact) mass is 609 g/mol. The van der Waals surface area contributed by atoms with Gasteiger partial charge >= 0.3 is 0 Å². The Morgan fingerprint density at radius 1 is 1.09 bits per heavy atom. The summed E-state index contributed by atoms with van der Waals surface area (Å²) in [5.41, 5.74) is 14.3. The van der Waals surface area contributed by atoms with Gasteiger partial charge in [-0.1, -0.05) is 45.0 Å². The Morgan fingerprint density at radius 2 is 1.74 bits per heavy atom. The molecular weight excluding hydrogens is 566 g/mol. The van der Waals surface area contributed by atoms with E-state index in [4.69, 9.17) is 11.5 Å². The number of aryl methyl sites for hydroxylation is 1. The Bertz CT molecular complexity index is 1410. The number of primary amides is 2. The third kappa shape index (κ3) is 5.57. The van der Waals surface area contributed by atoms with E-state index in [2.05, 4.69) is 10.3 Å². The number of aliphatic hydroxyl groups is 1. The zero-order valence-electron chi connectivity index (χ0n) is 25.4. The average Bonchev–Trinajstić information content (AvgIpc) is 3.57. The van der Waals surface area contributed by atoms with Gasteiger partial charge in [-0.15, -0.1) is 11.3 Å². The molecule has 2 bridgehead atoms. The van der Waals surface area contributed by atoms with Crippen LogP contribution in [0.15, 0.2) is 29.8 Å². The second kappa shape index (κ2) is 11.3. The predicted molar refractivity (Wildman–Crippen MR) is 163 cm³/mol. The first kappa shape index (κ1) is 31.1. The summed E-state index contributed by atoms with van der Waals surface area (Å²) in [6, 6.07) is 7.04. The predicted octanol–water partition coefficient (Wildman–Crippen LogP) is 2.90. The number of amides is 4. The van der Waals surface area contributed by atoms with Crippen LogP contribution in [-0.2, 0) is 25.7 Å². The number of thiazole rings is 1. The van der Waals surface area contributed by atoms with Crippen molar-refractivity contribution in [3.8, 4) is 10.4 Å². The molecule has 4 amide bonds. The minimum atomic E-state index is -0.926. The lowest BCUT2D eigenvalue weighted by Gasteiger charge is -2.58. The molecule has 2 aromatic rings. The number of hydrogen-bond acceptors (Lipinski definition) is 7. The lowest BCUT2D eigenvalue weighted by atomic mass is 9.44. The normalized spacial score (nSPS) is 29.3. The van der Waals surface area contributed by atoms with E-state index in [0.717, 1.165) is 21.7 Å². The van der Waals surface area contributed by atoms with E-state index in [0.29, 0.717) is 32.1 Å². The second-order valence-electron chi connectivity index (χ2n) is 13.9. The SMILES string of the molecule is Cc1ncsc1-c1ccc(CNC(=O)[C@H]2C[C@H](O)CN2C(=O)[C@H](C2CC3(C(N)=O)CCC2(C(N)=O)CC3)C(C)(C)C)cc1. The number of β-amino-alcohol motifs (C(OH)–C–C–N with tert-alkyl or cyclic N) is 1. The Morgan fingerprint density at radius 3 is 2.28 bits per heavy atom. The average molecular weight is 610 g/mol. The third-order valence-electron chi connectivity index (χ3n) is 10.3. The number of fused-ring (bicyclic) bond motifs is 3. The Balaban J connectivity index is 1.36. The highest BCUT2D eigenvalue weighted by molar-refractivity contribution is 7.13. The Labute approximate surface area is 256 Å². The van der Waals surface area contributed by atoms with Crippen molar-refractivity contribution in [1.82, 2.24) is 15.2 Å². The van der Waals surface area contributed by atoms with E-state index in [1.54, 1.807) is 11.3 Å².